The molecule has 3 N–H and O–H groups in total. The summed E-state index contributed by atoms with van der Waals surface area (Å²) < 4.78 is 0. The van der Waals surface area contributed by atoms with Crippen LogP contribution in [0.4, 0.5) is 0 Å². The van der Waals surface area contributed by atoms with E-state index in [1.807, 2.05) is 6.07 Å². The van der Waals surface area contributed by atoms with Crippen LogP contribution in [0, 0.1) is 17.8 Å². The van der Waals surface area contributed by atoms with Crippen LogP contribution in [0.5, 0.6) is 0 Å². The van der Waals surface area contributed by atoms with E-state index in [0.717, 1.165) is 49.8 Å². The second-order valence-corrected chi connectivity index (χ2v) is 7.26. The molecule has 3 aliphatic carbocycles. The van der Waals surface area contributed by atoms with E-state index < -0.39 is 12.2 Å². The Bertz CT molecular complexity index is 619. The van der Waals surface area contributed by atoms with Gasteiger partial charge < -0.3 is 15.5 Å². The lowest BCUT2D eigenvalue weighted by Crippen LogP contribution is -2.41. The number of carbonyl (C=O) groups is 1. The van der Waals surface area contributed by atoms with Gasteiger partial charge in [-0.2, -0.15) is 5.10 Å². The van der Waals surface area contributed by atoms with Crippen molar-refractivity contribution < 1.29 is 15.0 Å². The van der Waals surface area contributed by atoms with Crippen molar-refractivity contribution in [2.75, 3.05) is 6.54 Å². The number of fused-ring (bicyclic) bond motifs is 3. The van der Waals surface area contributed by atoms with E-state index in [1.165, 1.54) is 0 Å². The number of aryl methyl sites for hydroxylation is 2. The zero-order valence-electron chi connectivity index (χ0n) is 13.1. The third kappa shape index (κ3) is 2.64. The first-order chi connectivity index (χ1) is 11.1. The molecule has 0 unspecified atom stereocenters. The van der Waals surface area contributed by atoms with Crippen LogP contribution in [-0.2, 0) is 12.8 Å². The van der Waals surface area contributed by atoms with Gasteiger partial charge in [0, 0.05) is 6.54 Å². The monoisotopic (exact) mass is 317 g/mol. The van der Waals surface area contributed by atoms with E-state index in [-0.39, 0.29) is 23.7 Å². The maximum atomic E-state index is 12.3. The number of aliphatic hydroxyl groups is 2. The highest BCUT2D eigenvalue weighted by atomic mass is 16.3. The standard InChI is InChI=1S/C17H23N3O3/c21-15-10-5-11(12(6-10)16(15)22)8-18-17(23)14-7-9-3-1-2-4-13(9)19-20-14/h7,10-12,15-16,21-22H,1-6,8H2,(H,18,23)/t10-,11-,12-,15+,16-/m1/s1. The molecule has 0 aromatic carbocycles. The molecule has 4 rings (SSSR count). The van der Waals surface area contributed by atoms with Gasteiger partial charge in [-0.05, 0) is 67.9 Å². The summed E-state index contributed by atoms with van der Waals surface area (Å²) in [5.41, 5.74) is 2.56. The number of amides is 1. The molecule has 0 aliphatic heterocycles. The maximum Gasteiger partial charge on any atom is 0.271 e. The molecule has 5 atom stereocenters. The summed E-state index contributed by atoms with van der Waals surface area (Å²) in [4.78, 5) is 12.3. The maximum absolute atomic E-state index is 12.3. The Morgan fingerprint density at radius 1 is 1.17 bits per heavy atom. The van der Waals surface area contributed by atoms with Crippen molar-refractivity contribution in [3.8, 4) is 0 Å². The Morgan fingerprint density at radius 2 is 2.00 bits per heavy atom. The molecule has 6 nitrogen and oxygen atoms in total. The van der Waals surface area contributed by atoms with Crippen molar-refractivity contribution in [3.63, 3.8) is 0 Å². The number of aromatic nitrogens is 2. The van der Waals surface area contributed by atoms with Crippen molar-refractivity contribution in [1.82, 2.24) is 15.5 Å². The van der Waals surface area contributed by atoms with Crippen LogP contribution < -0.4 is 5.32 Å². The molecule has 1 amide bonds. The van der Waals surface area contributed by atoms with E-state index in [0.29, 0.717) is 12.2 Å². The lowest BCUT2D eigenvalue weighted by molar-refractivity contribution is -0.0332. The Kier molecular flexibility index (Phi) is 3.81. The van der Waals surface area contributed by atoms with Gasteiger partial charge in [0.25, 0.3) is 5.91 Å². The molecule has 0 radical (unpaired) electrons. The van der Waals surface area contributed by atoms with Crippen LogP contribution in [-0.4, -0.2) is 45.1 Å². The summed E-state index contributed by atoms with van der Waals surface area (Å²) in [5.74, 6) is 0.335. The van der Waals surface area contributed by atoms with E-state index in [2.05, 4.69) is 15.5 Å². The van der Waals surface area contributed by atoms with Crippen LogP contribution in [0.15, 0.2) is 6.07 Å². The fraction of sp³-hybridized carbons (Fsp3) is 0.706. The number of aliphatic hydroxyl groups excluding tert-OH is 2. The molecule has 23 heavy (non-hydrogen) atoms. The van der Waals surface area contributed by atoms with E-state index in [9.17, 15) is 15.0 Å². The number of hydrogen-bond donors (Lipinski definition) is 3. The minimum Gasteiger partial charge on any atom is -0.390 e. The Hall–Kier alpha value is -1.53. The van der Waals surface area contributed by atoms with E-state index in [1.54, 1.807) is 0 Å². The molecule has 0 spiro atoms. The molecule has 2 saturated carbocycles. The van der Waals surface area contributed by atoms with E-state index >= 15 is 0 Å². The number of carbonyl (C=O) groups excluding carboxylic acids is 1. The Labute approximate surface area is 135 Å². The van der Waals surface area contributed by atoms with E-state index in [4.69, 9.17) is 0 Å². The third-order valence-corrected chi connectivity index (χ3v) is 5.88. The topological polar surface area (TPSA) is 95.3 Å². The van der Waals surface area contributed by atoms with Gasteiger partial charge in [0.1, 0.15) is 0 Å². The molecule has 1 aromatic rings. The minimum atomic E-state index is -0.640. The Balaban J connectivity index is 1.38. The van der Waals surface area contributed by atoms with Crippen molar-refractivity contribution in [3.05, 3.63) is 23.0 Å². The summed E-state index contributed by atoms with van der Waals surface area (Å²) in [5, 5.41) is 31.0. The molecule has 0 saturated heterocycles. The minimum absolute atomic E-state index is 0.102. The molecule has 2 fully saturated rings. The molecular formula is C17H23N3O3. The lowest BCUT2D eigenvalue weighted by Gasteiger charge is -2.29. The normalized spacial score (nSPS) is 35.1. The van der Waals surface area contributed by atoms with Gasteiger partial charge in [-0.15, -0.1) is 5.10 Å². The van der Waals surface area contributed by atoms with Gasteiger partial charge in [-0.25, -0.2) is 0 Å². The molecular weight excluding hydrogens is 294 g/mol. The second-order valence-electron chi connectivity index (χ2n) is 7.26. The summed E-state index contributed by atoms with van der Waals surface area (Å²) in [6.07, 6.45) is 4.73. The predicted octanol–water partition coefficient (Wildman–Crippen LogP) is 0.463. The molecule has 2 bridgehead atoms. The zero-order valence-corrected chi connectivity index (χ0v) is 13.1. The van der Waals surface area contributed by atoms with Crippen molar-refractivity contribution in [2.45, 2.75) is 50.7 Å². The van der Waals surface area contributed by atoms with Gasteiger partial charge in [0.05, 0.1) is 17.9 Å². The molecule has 6 heteroatoms. The average Bonchev–Trinajstić information content (AvgIpc) is 3.12. The number of rotatable bonds is 3. The van der Waals surface area contributed by atoms with Crippen molar-refractivity contribution in [1.29, 1.82) is 0 Å². The molecule has 3 aliphatic rings. The van der Waals surface area contributed by atoms with Gasteiger partial charge in [0.2, 0.25) is 0 Å². The number of nitrogens with zero attached hydrogens (tertiary/aromatic N) is 2. The van der Waals surface area contributed by atoms with Gasteiger partial charge in [-0.3, -0.25) is 4.79 Å². The second kappa shape index (κ2) is 5.83. The largest absolute Gasteiger partial charge is 0.390 e. The number of hydrogen-bond acceptors (Lipinski definition) is 5. The van der Waals surface area contributed by atoms with Gasteiger partial charge >= 0.3 is 0 Å². The third-order valence-electron chi connectivity index (χ3n) is 5.88. The SMILES string of the molecule is O=C(NC[C@H]1C[C@@H]2C[C@H]1[C@@H](O)[C@H]2O)c1cc2c(nn1)CCCC2. The zero-order chi connectivity index (χ0) is 16.0. The van der Waals surface area contributed by atoms with Gasteiger partial charge in [0.15, 0.2) is 5.69 Å². The first-order valence-corrected chi connectivity index (χ1v) is 8.63. The number of nitrogens with one attached hydrogen (secondary N) is 1. The first-order valence-electron chi connectivity index (χ1n) is 8.63. The van der Waals surface area contributed by atoms with Crippen LogP contribution >= 0.6 is 0 Å². The highest BCUT2D eigenvalue weighted by Gasteiger charge is 2.51. The first kappa shape index (κ1) is 15.0. The summed E-state index contributed by atoms with van der Waals surface area (Å²) in [6.45, 7) is 0.530. The van der Waals surface area contributed by atoms with Crippen LogP contribution in [0.3, 0.4) is 0 Å². The highest BCUT2D eigenvalue weighted by Crippen LogP contribution is 2.48. The molecule has 1 aromatic heterocycles. The average molecular weight is 317 g/mol. The molecule has 1 heterocycles. The van der Waals surface area contributed by atoms with Crippen molar-refractivity contribution >= 4 is 5.91 Å². The van der Waals surface area contributed by atoms with Crippen molar-refractivity contribution in [2.24, 2.45) is 17.8 Å². The fourth-order valence-corrected chi connectivity index (χ4v) is 4.58. The fourth-order valence-electron chi connectivity index (χ4n) is 4.58. The Morgan fingerprint density at radius 3 is 2.78 bits per heavy atom. The summed E-state index contributed by atoms with van der Waals surface area (Å²) >= 11 is 0. The summed E-state index contributed by atoms with van der Waals surface area (Å²) in [6, 6.07) is 1.87. The predicted molar refractivity (Wildman–Crippen MR) is 82.7 cm³/mol. The lowest BCUT2D eigenvalue weighted by atomic mass is 9.85. The smallest absolute Gasteiger partial charge is 0.271 e. The summed E-state index contributed by atoms with van der Waals surface area (Å²) in [7, 11) is 0. The van der Waals surface area contributed by atoms with Crippen LogP contribution in [0.2, 0.25) is 0 Å². The van der Waals surface area contributed by atoms with Crippen LogP contribution in [0.25, 0.3) is 0 Å². The quantitative estimate of drug-likeness (QED) is 0.753. The van der Waals surface area contributed by atoms with Crippen LogP contribution in [0.1, 0.15) is 47.4 Å². The highest BCUT2D eigenvalue weighted by molar-refractivity contribution is 5.92. The molecule has 124 valence electrons. The van der Waals surface area contributed by atoms with Gasteiger partial charge in [-0.1, -0.05) is 0 Å².